The second kappa shape index (κ2) is 5.52. The number of H-pyrrole nitrogens is 1. The van der Waals surface area contributed by atoms with Gasteiger partial charge < -0.3 is 10.8 Å². The van der Waals surface area contributed by atoms with Gasteiger partial charge in [0.15, 0.2) is 5.75 Å². The molecule has 0 unspecified atom stereocenters. The lowest BCUT2D eigenvalue weighted by molar-refractivity contribution is 0.466. The Balaban J connectivity index is 1.95. The van der Waals surface area contributed by atoms with E-state index in [1.54, 1.807) is 10.8 Å². The topological polar surface area (TPSA) is 96.9 Å². The van der Waals surface area contributed by atoms with Crippen molar-refractivity contribution in [3.63, 3.8) is 0 Å². The van der Waals surface area contributed by atoms with E-state index < -0.39 is 5.43 Å². The van der Waals surface area contributed by atoms with Crippen molar-refractivity contribution in [3.8, 4) is 22.6 Å². The zero-order chi connectivity index (χ0) is 17.6. The molecular formula is C19H16N4O2. The van der Waals surface area contributed by atoms with Crippen molar-refractivity contribution in [1.82, 2.24) is 14.8 Å². The van der Waals surface area contributed by atoms with Gasteiger partial charge >= 0.3 is 0 Å². The van der Waals surface area contributed by atoms with E-state index in [1.165, 1.54) is 12.3 Å². The number of nitrogens with two attached hydrogens (primary N) is 1. The highest BCUT2D eigenvalue weighted by Gasteiger charge is 2.11. The van der Waals surface area contributed by atoms with Crippen molar-refractivity contribution in [1.29, 1.82) is 0 Å². The normalized spacial score (nSPS) is 11.1. The Labute approximate surface area is 143 Å². The highest BCUT2D eigenvalue weighted by molar-refractivity contribution is 5.95. The summed E-state index contributed by atoms with van der Waals surface area (Å²) in [5.41, 5.74) is 10.4. The quantitative estimate of drug-likeness (QED) is 0.526. The predicted molar refractivity (Wildman–Crippen MR) is 97.9 cm³/mol. The number of rotatable bonds is 2. The standard InChI is InChI=1S/C19H16N4O2/c1-11-5-6-12(23-10-18(25)17(24)8-19(23)20)7-14(11)13-3-2-4-16-15(13)9-21-22-16/h2-10,25H,20H2,1H3,(H,21,22). The second-order valence-corrected chi connectivity index (χ2v) is 5.95. The van der Waals surface area contributed by atoms with Crippen LogP contribution in [0.25, 0.3) is 27.7 Å². The third-order valence-corrected chi connectivity index (χ3v) is 4.34. The minimum Gasteiger partial charge on any atom is -0.503 e. The number of fused-ring (bicyclic) bond motifs is 1. The molecule has 2 aromatic heterocycles. The van der Waals surface area contributed by atoms with Crippen LogP contribution in [0.15, 0.2) is 59.7 Å². The minimum atomic E-state index is -0.496. The third kappa shape index (κ3) is 2.44. The van der Waals surface area contributed by atoms with E-state index in [-0.39, 0.29) is 11.6 Å². The van der Waals surface area contributed by atoms with Crippen molar-refractivity contribution in [2.24, 2.45) is 0 Å². The van der Waals surface area contributed by atoms with Crippen LogP contribution in [-0.4, -0.2) is 19.9 Å². The van der Waals surface area contributed by atoms with E-state index in [1.807, 2.05) is 43.3 Å². The van der Waals surface area contributed by atoms with Crippen LogP contribution in [0.1, 0.15) is 5.56 Å². The van der Waals surface area contributed by atoms with Crippen LogP contribution in [0.4, 0.5) is 5.82 Å². The number of pyridine rings is 1. The van der Waals surface area contributed by atoms with Gasteiger partial charge in [-0.3, -0.25) is 14.5 Å². The summed E-state index contributed by atoms with van der Waals surface area (Å²) < 4.78 is 1.59. The van der Waals surface area contributed by atoms with Gasteiger partial charge in [-0.1, -0.05) is 18.2 Å². The summed E-state index contributed by atoms with van der Waals surface area (Å²) in [5.74, 6) is -0.0765. The fourth-order valence-electron chi connectivity index (χ4n) is 3.01. The molecular weight excluding hydrogens is 316 g/mol. The minimum absolute atomic E-state index is 0.263. The van der Waals surface area contributed by atoms with Gasteiger partial charge in [-0.05, 0) is 41.8 Å². The number of hydrogen-bond acceptors (Lipinski definition) is 4. The molecule has 0 atom stereocenters. The van der Waals surface area contributed by atoms with Gasteiger partial charge in [-0.15, -0.1) is 0 Å². The fraction of sp³-hybridized carbons (Fsp3) is 0.0526. The smallest absolute Gasteiger partial charge is 0.225 e. The zero-order valence-corrected chi connectivity index (χ0v) is 13.5. The number of nitrogens with zero attached hydrogens (tertiary/aromatic N) is 2. The molecule has 0 amide bonds. The van der Waals surface area contributed by atoms with Gasteiger partial charge in [0.1, 0.15) is 5.82 Å². The van der Waals surface area contributed by atoms with E-state index in [0.717, 1.165) is 33.3 Å². The molecule has 4 rings (SSSR count). The van der Waals surface area contributed by atoms with Gasteiger partial charge in [0.2, 0.25) is 5.43 Å². The van der Waals surface area contributed by atoms with Gasteiger partial charge in [-0.2, -0.15) is 5.10 Å². The first kappa shape index (κ1) is 15.0. The number of aryl methyl sites for hydroxylation is 1. The third-order valence-electron chi connectivity index (χ3n) is 4.34. The molecule has 6 nitrogen and oxygen atoms in total. The molecule has 0 fully saturated rings. The van der Waals surface area contributed by atoms with E-state index >= 15 is 0 Å². The molecule has 6 heteroatoms. The summed E-state index contributed by atoms with van der Waals surface area (Å²) in [6.45, 7) is 2.03. The van der Waals surface area contributed by atoms with Gasteiger partial charge in [-0.25, -0.2) is 0 Å². The Morgan fingerprint density at radius 2 is 2.00 bits per heavy atom. The first-order chi connectivity index (χ1) is 12.0. The van der Waals surface area contributed by atoms with Crippen molar-refractivity contribution in [2.75, 3.05) is 5.73 Å². The Morgan fingerprint density at radius 1 is 1.16 bits per heavy atom. The van der Waals surface area contributed by atoms with Crippen LogP contribution in [0, 0.1) is 6.92 Å². The van der Waals surface area contributed by atoms with E-state index in [0.29, 0.717) is 0 Å². The maximum Gasteiger partial charge on any atom is 0.225 e. The lowest BCUT2D eigenvalue weighted by atomic mass is 9.97. The number of nitrogen functional groups attached to an aromatic ring is 1. The lowest BCUT2D eigenvalue weighted by Gasteiger charge is -2.14. The van der Waals surface area contributed by atoms with E-state index in [2.05, 4.69) is 10.2 Å². The van der Waals surface area contributed by atoms with Crippen LogP contribution in [0.5, 0.6) is 5.75 Å². The largest absolute Gasteiger partial charge is 0.503 e. The Hall–Kier alpha value is -3.54. The van der Waals surface area contributed by atoms with Crippen LogP contribution in [0.3, 0.4) is 0 Å². The number of nitrogens with one attached hydrogen (secondary N) is 1. The molecule has 0 saturated heterocycles. The van der Waals surface area contributed by atoms with Crippen molar-refractivity contribution >= 4 is 16.7 Å². The summed E-state index contributed by atoms with van der Waals surface area (Å²) in [4.78, 5) is 11.5. The summed E-state index contributed by atoms with van der Waals surface area (Å²) >= 11 is 0. The SMILES string of the molecule is Cc1ccc(-n2cc(O)c(=O)cc2N)cc1-c1cccc2[nH]ncc12. The number of aromatic hydroxyl groups is 1. The van der Waals surface area contributed by atoms with Gasteiger partial charge in [0.05, 0.1) is 17.9 Å². The van der Waals surface area contributed by atoms with Crippen LogP contribution >= 0.6 is 0 Å². The summed E-state index contributed by atoms with van der Waals surface area (Å²) in [5, 5.41) is 17.9. The average Bonchev–Trinajstić information content (AvgIpc) is 3.07. The van der Waals surface area contributed by atoms with Crippen molar-refractivity contribution < 1.29 is 5.11 Å². The van der Waals surface area contributed by atoms with Crippen LogP contribution in [-0.2, 0) is 0 Å². The molecule has 124 valence electrons. The first-order valence-corrected chi connectivity index (χ1v) is 7.79. The highest BCUT2D eigenvalue weighted by atomic mass is 16.3. The Kier molecular flexibility index (Phi) is 3.32. The van der Waals surface area contributed by atoms with Crippen molar-refractivity contribution in [2.45, 2.75) is 6.92 Å². The number of aromatic nitrogens is 3. The molecule has 2 aromatic carbocycles. The highest BCUT2D eigenvalue weighted by Crippen LogP contribution is 2.32. The molecule has 0 aliphatic heterocycles. The van der Waals surface area contributed by atoms with E-state index in [9.17, 15) is 9.90 Å². The summed E-state index contributed by atoms with van der Waals surface area (Å²) in [6, 6.07) is 13.1. The second-order valence-electron chi connectivity index (χ2n) is 5.95. The molecule has 2 heterocycles. The lowest BCUT2D eigenvalue weighted by Crippen LogP contribution is -2.10. The number of aromatic amines is 1. The predicted octanol–water partition coefficient (Wildman–Crippen LogP) is 2.98. The molecule has 0 radical (unpaired) electrons. The van der Waals surface area contributed by atoms with Crippen LogP contribution < -0.4 is 11.2 Å². The Bertz CT molecular complexity index is 1160. The molecule has 0 aliphatic carbocycles. The summed E-state index contributed by atoms with van der Waals surface area (Å²) in [6.07, 6.45) is 3.14. The molecule has 0 spiro atoms. The Morgan fingerprint density at radius 3 is 2.84 bits per heavy atom. The average molecular weight is 332 g/mol. The zero-order valence-electron chi connectivity index (χ0n) is 13.5. The molecule has 25 heavy (non-hydrogen) atoms. The number of benzene rings is 2. The maximum absolute atomic E-state index is 11.5. The summed E-state index contributed by atoms with van der Waals surface area (Å²) in [7, 11) is 0. The van der Waals surface area contributed by atoms with Crippen molar-refractivity contribution in [3.05, 3.63) is 70.6 Å². The first-order valence-electron chi connectivity index (χ1n) is 7.79. The maximum atomic E-state index is 11.5. The molecule has 0 bridgehead atoms. The molecule has 4 N–H and O–H groups in total. The monoisotopic (exact) mass is 332 g/mol. The van der Waals surface area contributed by atoms with E-state index in [4.69, 9.17) is 5.73 Å². The molecule has 0 saturated carbocycles. The molecule has 0 aliphatic rings. The molecule has 4 aromatic rings. The number of anilines is 1. The number of hydrogen-bond donors (Lipinski definition) is 3. The van der Waals surface area contributed by atoms with Crippen LogP contribution in [0.2, 0.25) is 0 Å². The fourth-order valence-corrected chi connectivity index (χ4v) is 3.01. The van der Waals surface area contributed by atoms with Gasteiger partial charge in [0.25, 0.3) is 0 Å². The van der Waals surface area contributed by atoms with Gasteiger partial charge in [0, 0.05) is 17.1 Å².